The van der Waals surface area contributed by atoms with Gasteiger partial charge in [0, 0.05) is 23.4 Å². The van der Waals surface area contributed by atoms with Crippen molar-refractivity contribution < 1.29 is 18.7 Å². The van der Waals surface area contributed by atoms with Crippen molar-refractivity contribution in [1.82, 2.24) is 0 Å². The Morgan fingerprint density at radius 2 is 1.78 bits per heavy atom. The van der Waals surface area contributed by atoms with Crippen LogP contribution in [0.25, 0.3) is 11.0 Å². The van der Waals surface area contributed by atoms with Crippen LogP contribution < -0.4 is 15.1 Å². The van der Waals surface area contributed by atoms with Crippen LogP contribution in [-0.4, -0.2) is 13.1 Å². The van der Waals surface area contributed by atoms with E-state index in [0.717, 1.165) is 47.1 Å². The van der Waals surface area contributed by atoms with Gasteiger partial charge in [0.1, 0.15) is 17.1 Å². The Labute approximate surface area is 156 Å². The molecule has 0 aliphatic heterocycles. The predicted molar refractivity (Wildman–Crippen MR) is 101 cm³/mol. The van der Waals surface area contributed by atoms with Crippen LogP contribution in [0.4, 0.5) is 0 Å². The fourth-order valence-corrected chi connectivity index (χ4v) is 3.55. The van der Waals surface area contributed by atoms with Crippen molar-refractivity contribution in [3.05, 3.63) is 69.6 Å². The second-order valence-corrected chi connectivity index (χ2v) is 6.68. The Morgan fingerprint density at radius 1 is 1.04 bits per heavy atom. The number of hydrogen-bond donors (Lipinski definition) is 0. The summed E-state index contributed by atoms with van der Waals surface area (Å²) in [4.78, 5) is 24.2. The van der Waals surface area contributed by atoms with Crippen molar-refractivity contribution in [3.8, 4) is 11.5 Å². The summed E-state index contributed by atoms with van der Waals surface area (Å²) in [6.45, 7) is 0. The molecule has 0 unspecified atom stereocenters. The molecule has 0 atom stereocenters. The van der Waals surface area contributed by atoms with Gasteiger partial charge in [-0.25, -0.2) is 4.79 Å². The lowest BCUT2D eigenvalue weighted by Crippen LogP contribution is -2.10. The zero-order chi connectivity index (χ0) is 18.8. The van der Waals surface area contributed by atoms with Crippen LogP contribution in [-0.2, 0) is 24.1 Å². The first-order valence-electron chi connectivity index (χ1n) is 9.06. The van der Waals surface area contributed by atoms with Gasteiger partial charge >= 0.3 is 11.6 Å². The van der Waals surface area contributed by atoms with Gasteiger partial charge in [0.2, 0.25) is 0 Å². The Kier molecular flexibility index (Phi) is 4.67. The monoisotopic (exact) mass is 364 g/mol. The molecule has 0 amide bonds. The average Bonchev–Trinajstić information content (AvgIpc) is 3.17. The van der Waals surface area contributed by atoms with Gasteiger partial charge in [-0.05, 0) is 61.1 Å². The second-order valence-electron chi connectivity index (χ2n) is 6.68. The number of fused-ring (bicyclic) bond motifs is 3. The summed E-state index contributed by atoms with van der Waals surface area (Å²) in [6, 6.07) is 12.8. The highest BCUT2D eigenvalue weighted by Crippen LogP contribution is 2.29. The molecular weight excluding hydrogens is 344 g/mol. The number of rotatable bonds is 5. The molecule has 1 aliphatic rings. The van der Waals surface area contributed by atoms with E-state index in [1.54, 1.807) is 19.2 Å². The molecule has 0 bridgehead atoms. The number of methoxy groups -OCH3 is 1. The van der Waals surface area contributed by atoms with E-state index >= 15 is 0 Å². The van der Waals surface area contributed by atoms with Crippen LogP contribution in [0.1, 0.15) is 29.5 Å². The Bertz CT molecular complexity index is 1050. The minimum absolute atomic E-state index is 0.262. The first kappa shape index (κ1) is 17.3. The van der Waals surface area contributed by atoms with Crippen molar-refractivity contribution in [2.45, 2.75) is 32.1 Å². The fourth-order valence-electron chi connectivity index (χ4n) is 3.55. The minimum atomic E-state index is -0.325. The van der Waals surface area contributed by atoms with Crippen LogP contribution >= 0.6 is 0 Å². The van der Waals surface area contributed by atoms with Crippen LogP contribution in [0.2, 0.25) is 0 Å². The van der Waals surface area contributed by atoms with Gasteiger partial charge in [-0.3, -0.25) is 4.79 Å². The third-order valence-corrected chi connectivity index (χ3v) is 4.95. The van der Waals surface area contributed by atoms with Gasteiger partial charge < -0.3 is 13.9 Å². The molecular formula is C22H20O5. The summed E-state index contributed by atoms with van der Waals surface area (Å²) >= 11 is 0. The molecule has 0 fully saturated rings. The molecule has 3 aromatic rings. The maximum Gasteiger partial charge on any atom is 0.339 e. The summed E-state index contributed by atoms with van der Waals surface area (Å²) in [5.74, 6) is 0.850. The van der Waals surface area contributed by atoms with Gasteiger partial charge in [-0.15, -0.1) is 0 Å². The topological polar surface area (TPSA) is 65.7 Å². The molecule has 0 radical (unpaired) electrons. The SMILES string of the molecule is COc1ccc(CCC(=O)Oc2ccc3c4c(c(=O)oc3c2)CCC4)cc1. The third-order valence-electron chi connectivity index (χ3n) is 4.95. The zero-order valence-corrected chi connectivity index (χ0v) is 15.1. The van der Waals surface area contributed by atoms with Crippen molar-refractivity contribution in [1.29, 1.82) is 0 Å². The van der Waals surface area contributed by atoms with E-state index in [1.807, 2.05) is 30.3 Å². The van der Waals surface area contributed by atoms with Crippen LogP contribution in [0, 0.1) is 0 Å². The van der Waals surface area contributed by atoms with Gasteiger partial charge in [0.15, 0.2) is 0 Å². The number of carbonyl (C=O) groups excluding carboxylic acids is 1. The van der Waals surface area contributed by atoms with E-state index in [2.05, 4.69) is 0 Å². The van der Waals surface area contributed by atoms with E-state index < -0.39 is 0 Å². The third kappa shape index (κ3) is 3.58. The summed E-state index contributed by atoms with van der Waals surface area (Å²) in [5.41, 5.74) is 3.08. The molecule has 5 nitrogen and oxygen atoms in total. The van der Waals surface area contributed by atoms with Gasteiger partial charge in [-0.2, -0.15) is 0 Å². The molecule has 4 rings (SSSR count). The quantitative estimate of drug-likeness (QED) is 0.391. The molecule has 1 aromatic heterocycles. The molecule has 2 aromatic carbocycles. The molecule has 138 valence electrons. The van der Waals surface area contributed by atoms with E-state index in [9.17, 15) is 9.59 Å². The molecule has 0 N–H and O–H groups in total. The summed E-state index contributed by atoms with van der Waals surface area (Å²) in [6.07, 6.45) is 3.48. The van der Waals surface area contributed by atoms with Gasteiger partial charge in [0.05, 0.1) is 7.11 Å². The standard InChI is InChI=1S/C22H20O5/c1-25-15-8-5-14(6-9-15)7-12-21(23)26-16-10-11-18-17-3-2-4-19(17)22(24)27-20(18)13-16/h5-6,8-11,13H,2-4,7,12H2,1H3. The maximum atomic E-state index is 12.2. The molecule has 0 spiro atoms. The Balaban J connectivity index is 1.45. The number of esters is 1. The molecule has 5 heteroatoms. The molecule has 27 heavy (non-hydrogen) atoms. The smallest absolute Gasteiger partial charge is 0.339 e. The maximum absolute atomic E-state index is 12.2. The molecule has 0 saturated heterocycles. The highest BCUT2D eigenvalue weighted by molar-refractivity contribution is 5.84. The molecule has 1 aliphatic carbocycles. The number of hydrogen-bond acceptors (Lipinski definition) is 5. The highest BCUT2D eigenvalue weighted by atomic mass is 16.5. The summed E-state index contributed by atoms with van der Waals surface area (Å²) in [7, 11) is 1.62. The first-order chi connectivity index (χ1) is 13.1. The molecule has 0 saturated carbocycles. The molecule has 1 heterocycles. The largest absolute Gasteiger partial charge is 0.497 e. The average molecular weight is 364 g/mol. The van der Waals surface area contributed by atoms with Crippen molar-refractivity contribution >= 4 is 16.9 Å². The Morgan fingerprint density at radius 3 is 2.56 bits per heavy atom. The number of ether oxygens (including phenoxy) is 2. The number of benzene rings is 2. The lowest BCUT2D eigenvalue weighted by atomic mass is 10.1. The lowest BCUT2D eigenvalue weighted by molar-refractivity contribution is -0.134. The fraction of sp³-hybridized carbons (Fsp3) is 0.273. The van der Waals surface area contributed by atoms with E-state index in [-0.39, 0.29) is 18.0 Å². The normalized spacial score (nSPS) is 12.8. The predicted octanol–water partition coefficient (Wildman–Crippen LogP) is 3.83. The van der Waals surface area contributed by atoms with E-state index in [1.165, 1.54) is 0 Å². The second kappa shape index (κ2) is 7.27. The van der Waals surface area contributed by atoms with Gasteiger partial charge in [-0.1, -0.05) is 12.1 Å². The van der Waals surface area contributed by atoms with Crippen molar-refractivity contribution in [2.75, 3.05) is 7.11 Å². The zero-order valence-electron chi connectivity index (χ0n) is 15.1. The van der Waals surface area contributed by atoms with Crippen LogP contribution in [0.15, 0.2) is 51.7 Å². The lowest BCUT2D eigenvalue weighted by Gasteiger charge is -2.08. The van der Waals surface area contributed by atoms with Crippen molar-refractivity contribution in [2.24, 2.45) is 0 Å². The number of carbonyl (C=O) groups is 1. The van der Waals surface area contributed by atoms with Gasteiger partial charge in [0.25, 0.3) is 0 Å². The number of aryl methyl sites for hydroxylation is 2. The van der Waals surface area contributed by atoms with Crippen LogP contribution in [0.3, 0.4) is 0 Å². The first-order valence-corrected chi connectivity index (χ1v) is 9.06. The van der Waals surface area contributed by atoms with E-state index in [4.69, 9.17) is 13.9 Å². The van der Waals surface area contributed by atoms with Crippen molar-refractivity contribution in [3.63, 3.8) is 0 Å². The summed E-state index contributed by atoms with van der Waals surface area (Å²) in [5, 5.41) is 0.931. The van der Waals surface area contributed by atoms with E-state index in [0.29, 0.717) is 17.8 Å². The Hall–Kier alpha value is -3.08. The highest BCUT2D eigenvalue weighted by Gasteiger charge is 2.20. The van der Waals surface area contributed by atoms with Crippen LogP contribution in [0.5, 0.6) is 11.5 Å². The summed E-state index contributed by atoms with van der Waals surface area (Å²) < 4.78 is 16.0. The minimum Gasteiger partial charge on any atom is -0.497 e.